The van der Waals surface area contributed by atoms with Gasteiger partial charge in [0, 0.05) is 16.5 Å². The van der Waals surface area contributed by atoms with Crippen LogP contribution in [-0.4, -0.2) is 7.11 Å². The number of benzene rings is 2. The molecule has 1 aromatic heterocycles. The molecule has 0 amide bonds. The van der Waals surface area contributed by atoms with Crippen molar-refractivity contribution in [3.63, 3.8) is 0 Å². The molecule has 0 unspecified atom stereocenters. The molecule has 0 aliphatic heterocycles. The lowest BCUT2D eigenvalue weighted by Gasteiger charge is -1.98. The van der Waals surface area contributed by atoms with Gasteiger partial charge < -0.3 is 9.15 Å². The van der Waals surface area contributed by atoms with Crippen molar-refractivity contribution in [1.82, 2.24) is 0 Å². The van der Waals surface area contributed by atoms with E-state index in [4.69, 9.17) is 9.15 Å². The van der Waals surface area contributed by atoms with Crippen molar-refractivity contribution in [2.45, 2.75) is 6.92 Å². The Morgan fingerprint density at radius 3 is 2.44 bits per heavy atom. The van der Waals surface area contributed by atoms with Crippen molar-refractivity contribution < 1.29 is 9.15 Å². The highest BCUT2D eigenvalue weighted by atomic mass is 16.5. The number of hydrogen-bond donors (Lipinski definition) is 0. The summed E-state index contributed by atoms with van der Waals surface area (Å²) in [5, 5.41) is 1.10. The number of furan rings is 1. The van der Waals surface area contributed by atoms with Gasteiger partial charge in [-0.25, -0.2) is 0 Å². The van der Waals surface area contributed by atoms with E-state index in [0.29, 0.717) is 0 Å². The highest BCUT2D eigenvalue weighted by Gasteiger charge is 2.14. The van der Waals surface area contributed by atoms with E-state index in [9.17, 15) is 0 Å². The zero-order valence-corrected chi connectivity index (χ0v) is 10.4. The molecule has 90 valence electrons. The van der Waals surface area contributed by atoms with Crippen molar-refractivity contribution in [2.75, 3.05) is 7.11 Å². The molecule has 18 heavy (non-hydrogen) atoms. The second-order valence-electron chi connectivity index (χ2n) is 4.26. The van der Waals surface area contributed by atoms with Gasteiger partial charge in [-0.15, -0.1) is 0 Å². The molecule has 3 aromatic rings. The SMILES string of the molecule is COc1cccc2c(C)c(-c3ccccc3)oc12. The van der Waals surface area contributed by atoms with Crippen LogP contribution in [0.15, 0.2) is 52.9 Å². The third kappa shape index (κ3) is 1.58. The Labute approximate surface area is 106 Å². The Hall–Kier alpha value is -2.22. The number of ether oxygens (including phenoxy) is 1. The number of fused-ring (bicyclic) bond motifs is 1. The lowest BCUT2D eigenvalue weighted by molar-refractivity contribution is 0.411. The maximum absolute atomic E-state index is 5.98. The molecule has 0 saturated heterocycles. The lowest BCUT2D eigenvalue weighted by Crippen LogP contribution is -1.81. The van der Waals surface area contributed by atoms with Crippen LogP contribution in [0.5, 0.6) is 5.75 Å². The van der Waals surface area contributed by atoms with E-state index in [1.165, 1.54) is 0 Å². The number of methoxy groups -OCH3 is 1. The van der Waals surface area contributed by atoms with Gasteiger partial charge in [-0.3, -0.25) is 0 Å². The third-order valence-electron chi connectivity index (χ3n) is 3.18. The number of para-hydroxylation sites is 1. The summed E-state index contributed by atoms with van der Waals surface area (Å²) in [6.45, 7) is 2.08. The first-order chi connectivity index (χ1) is 8.81. The van der Waals surface area contributed by atoms with E-state index in [2.05, 4.69) is 25.1 Å². The highest BCUT2D eigenvalue weighted by Crippen LogP contribution is 2.37. The summed E-state index contributed by atoms with van der Waals surface area (Å²) in [6, 6.07) is 16.1. The van der Waals surface area contributed by atoms with E-state index in [1.54, 1.807) is 7.11 Å². The molecule has 0 aliphatic carbocycles. The van der Waals surface area contributed by atoms with E-state index in [1.807, 2.05) is 30.3 Å². The lowest BCUT2D eigenvalue weighted by atomic mass is 10.1. The first kappa shape index (κ1) is 10.9. The van der Waals surface area contributed by atoms with Gasteiger partial charge >= 0.3 is 0 Å². The molecular formula is C16H14O2. The van der Waals surface area contributed by atoms with E-state index >= 15 is 0 Å². The minimum atomic E-state index is 0.776. The van der Waals surface area contributed by atoms with E-state index < -0.39 is 0 Å². The van der Waals surface area contributed by atoms with Gasteiger partial charge in [-0.2, -0.15) is 0 Å². The summed E-state index contributed by atoms with van der Waals surface area (Å²) < 4.78 is 11.3. The molecule has 0 atom stereocenters. The Balaban J connectivity index is 2.29. The van der Waals surface area contributed by atoms with Crippen molar-refractivity contribution in [3.8, 4) is 17.1 Å². The normalized spacial score (nSPS) is 10.8. The fourth-order valence-electron chi connectivity index (χ4n) is 2.24. The molecule has 2 heteroatoms. The van der Waals surface area contributed by atoms with Crippen LogP contribution in [0.3, 0.4) is 0 Å². The predicted octanol–water partition coefficient (Wildman–Crippen LogP) is 4.42. The Bertz CT molecular complexity index is 681. The molecule has 0 spiro atoms. The molecule has 0 fully saturated rings. The molecule has 0 radical (unpaired) electrons. The molecule has 3 rings (SSSR count). The molecular weight excluding hydrogens is 224 g/mol. The maximum atomic E-state index is 5.98. The average Bonchev–Trinajstić information content (AvgIpc) is 2.77. The van der Waals surface area contributed by atoms with E-state index in [0.717, 1.165) is 33.6 Å². The highest BCUT2D eigenvalue weighted by molar-refractivity contribution is 5.91. The van der Waals surface area contributed by atoms with Crippen LogP contribution in [0.4, 0.5) is 0 Å². The molecule has 0 saturated carbocycles. The monoisotopic (exact) mass is 238 g/mol. The summed E-state index contributed by atoms with van der Waals surface area (Å²) in [5.74, 6) is 1.69. The minimum absolute atomic E-state index is 0.776. The Kier molecular flexibility index (Phi) is 2.56. The van der Waals surface area contributed by atoms with Crippen molar-refractivity contribution >= 4 is 11.0 Å². The molecule has 2 aromatic carbocycles. The first-order valence-corrected chi connectivity index (χ1v) is 5.93. The molecule has 0 aliphatic rings. The summed E-state index contributed by atoms with van der Waals surface area (Å²) in [5.41, 5.74) is 3.06. The van der Waals surface area contributed by atoms with Gasteiger partial charge in [0.2, 0.25) is 0 Å². The average molecular weight is 238 g/mol. The van der Waals surface area contributed by atoms with Crippen LogP contribution in [-0.2, 0) is 0 Å². The second-order valence-corrected chi connectivity index (χ2v) is 4.26. The largest absolute Gasteiger partial charge is 0.493 e. The molecule has 0 N–H and O–H groups in total. The zero-order valence-electron chi connectivity index (χ0n) is 10.4. The van der Waals surface area contributed by atoms with Crippen LogP contribution in [0.25, 0.3) is 22.3 Å². The minimum Gasteiger partial charge on any atom is -0.493 e. The van der Waals surface area contributed by atoms with Gasteiger partial charge in [0.25, 0.3) is 0 Å². The molecule has 1 heterocycles. The van der Waals surface area contributed by atoms with Crippen molar-refractivity contribution in [1.29, 1.82) is 0 Å². The van der Waals surface area contributed by atoms with Gasteiger partial charge in [-0.1, -0.05) is 42.5 Å². The summed E-state index contributed by atoms with van der Waals surface area (Å²) in [7, 11) is 1.66. The fraction of sp³-hybridized carbons (Fsp3) is 0.125. The molecule has 0 bridgehead atoms. The maximum Gasteiger partial charge on any atom is 0.176 e. The molecule has 2 nitrogen and oxygen atoms in total. The summed E-state index contributed by atoms with van der Waals surface area (Å²) in [4.78, 5) is 0. The van der Waals surface area contributed by atoms with Gasteiger partial charge in [0.15, 0.2) is 11.3 Å². The topological polar surface area (TPSA) is 22.4 Å². The summed E-state index contributed by atoms with van der Waals surface area (Å²) >= 11 is 0. The third-order valence-corrected chi connectivity index (χ3v) is 3.18. The van der Waals surface area contributed by atoms with Crippen molar-refractivity contribution in [2.24, 2.45) is 0 Å². The standard InChI is InChI=1S/C16H14O2/c1-11-13-9-6-10-14(17-2)16(13)18-15(11)12-7-4-3-5-8-12/h3-10H,1-2H3. The smallest absolute Gasteiger partial charge is 0.176 e. The van der Waals surface area contributed by atoms with Gasteiger partial charge in [-0.05, 0) is 13.0 Å². The van der Waals surface area contributed by atoms with Crippen LogP contribution in [0, 0.1) is 6.92 Å². The quantitative estimate of drug-likeness (QED) is 0.659. The Morgan fingerprint density at radius 2 is 1.72 bits per heavy atom. The Morgan fingerprint density at radius 1 is 0.944 bits per heavy atom. The van der Waals surface area contributed by atoms with E-state index in [-0.39, 0.29) is 0 Å². The van der Waals surface area contributed by atoms with Crippen molar-refractivity contribution in [3.05, 3.63) is 54.1 Å². The number of hydrogen-bond acceptors (Lipinski definition) is 2. The zero-order chi connectivity index (χ0) is 12.5. The first-order valence-electron chi connectivity index (χ1n) is 5.93. The van der Waals surface area contributed by atoms with Crippen LogP contribution < -0.4 is 4.74 Å². The van der Waals surface area contributed by atoms with Crippen LogP contribution >= 0.6 is 0 Å². The van der Waals surface area contributed by atoms with Crippen LogP contribution in [0.1, 0.15) is 5.56 Å². The van der Waals surface area contributed by atoms with Gasteiger partial charge in [0.1, 0.15) is 5.76 Å². The number of aryl methyl sites for hydroxylation is 1. The summed E-state index contributed by atoms with van der Waals surface area (Å²) in [6.07, 6.45) is 0. The predicted molar refractivity (Wildman–Crippen MR) is 72.9 cm³/mol. The van der Waals surface area contributed by atoms with Crippen LogP contribution in [0.2, 0.25) is 0 Å². The second kappa shape index (κ2) is 4.22. The number of rotatable bonds is 2. The fourth-order valence-corrected chi connectivity index (χ4v) is 2.24. The van der Waals surface area contributed by atoms with Gasteiger partial charge in [0.05, 0.1) is 7.11 Å².